The number of hydrogen-bond donors (Lipinski definition) is 0. The van der Waals surface area contributed by atoms with Crippen molar-refractivity contribution < 1.29 is 9.72 Å². The van der Waals surface area contributed by atoms with E-state index in [1.165, 1.54) is 16.9 Å². The Morgan fingerprint density at radius 3 is 2.62 bits per heavy atom. The standard InChI is InChI=1S/C9H14N4O3/c1-3-11(4-2)9(14)7-12-6-5-8(10-12)13(15)16/h5-6H,3-4,7H2,1-2H3. The van der Waals surface area contributed by atoms with Crippen molar-refractivity contribution in [1.82, 2.24) is 14.7 Å². The third-order valence-corrected chi connectivity index (χ3v) is 2.23. The molecule has 0 N–H and O–H groups in total. The monoisotopic (exact) mass is 226 g/mol. The first-order valence-corrected chi connectivity index (χ1v) is 5.04. The van der Waals surface area contributed by atoms with Crippen LogP contribution in [0.5, 0.6) is 0 Å². The third-order valence-electron chi connectivity index (χ3n) is 2.23. The largest absolute Gasteiger partial charge is 0.389 e. The van der Waals surface area contributed by atoms with E-state index >= 15 is 0 Å². The van der Waals surface area contributed by atoms with Crippen molar-refractivity contribution in [1.29, 1.82) is 0 Å². The number of amides is 1. The number of carbonyl (C=O) groups is 1. The van der Waals surface area contributed by atoms with Crippen LogP contribution in [0.2, 0.25) is 0 Å². The van der Waals surface area contributed by atoms with Gasteiger partial charge in [-0.3, -0.25) is 4.79 Å². The summed E-state index contributed by atoms with van der Waals surface area (Å²) in [6.45, 7) is 5.05. The lowest BCUT2D eigenvalue weighted by atomic mass is 10.4. The Labute approximate surface area is 92.8 Å². The summed E-state index contributed by atoms with van der Waals surface area (Å²) in [6, 6.07) is 1.27. The SMILES string of the molecule is CCN(CC)C(=O)Cn1ccc([N+](=O)[O-])n1. The van der Waals surface area contributed by atoms with Gasteiger partial charge in [-0.25, -0.2) is 0 Å². The lowest BCUT2D eigenvalue weighted by Crippen LogP contribution is -2.33. The summed E-state index contributed by atoms with van der Waals surface area (Å²) in [5, 5.41) is 14.1. The molecule has 0 aliphatic carbocycles. The summed E-state index contributed by atoms with van der Waals surface area (Å²) in [4.78, 5) is 23.1. The highest BCUT2D eigenvalue weighted by Crippen LogP contribution is 2.05. The van der Waals surface area contributed by atoms with E-state index in [9.17, 15) is 14.9 Å². The minimum absolute atomic E-state index is 0.0372. The molecule has 0 aromatic carbocycles. The predicted octanol–water partition coefficient (Wildman–Crippen LogP) is 0.660. The van der Waals surface area contributed by atoms with Gasteiger partial charge >= 0.3 is 5.82 Å². The average molecular weight is 226 g/mol. The molecule has 0 saturated heterocycles. The molecule has 0 aliphatic heterocycles. The summed E-state index contributed by atoms with van der Waals surface area (Å²) < 4.78 is 1.28. The lowest BCUT2D eigenvalue weighted by Gasteiger charge is -2.17. The van der Waals surface area contributed by atoms with Crippen molar-refractivity contribution >= 4 is 11.7 Å². The van der Waals surface area contributed by atoms with E-state index in [0.717, 1.165) is 0 Å². The van der Waals surface area contributed by atoms with Gasteiger partial charge < -0.3 is 15.0 Å². The number of carbonyl (C=O) groups excluding carboxylic acids is 1. The zero-order valence-corrected chi connectivity index (χ0v) is 9.29. The van der Waals surface area contributed by atoms with Crippen LogP contribution in [0.1, 0.15) is 13.8 Å². The van der Waals surface area contributed by atoms with Crippen LogP contribution in [0.25, 0.3) is 0 Å². The number of likely N-dealkylation sites (N-methyl/N-ethyl adjacent to an activating group) is 1. The molecule has 88 valence electrons. The van der Waals surface area contributed by atoms with E-state index in [4.69, 9.17) is 0 Å². The molecule has 1 amide bonds. The molecule has 0 bridgehead atoms. The molecular weight excluding hydrogens is 212 g/mol. The molecular formula is C9H14N4O3. The van der Waals surface area contributed by atoms with Gasteiger partial charge in [0.2, 0.25) is 5.91 Å². The van der Waals surface area contributed by atoms with E-state index in [1.54, 1.807) is 4.90 Å². The second kappa shape index (κ2) is 5.24. The quantitative estimate of drug-likeness (QED) is 0.545. The van der Waals surface area contributed by atoms with Crippen LogP contribution >= 0.6 is 0 Å². The summed E-state index contributed by atoms with van der Waals surface area (Å²) in [5.74, 6) is -0.338. The van der Waals surface area contributed by atoms with Crippen molar-refractivity contribution in [2.45, 2.75) is 20.4 Å². The van der Waals surface area contributed by atoms with Crippen LogP contribution in [-0.4, -0.2) is 38.6 Å². The maximum absolute atomic E-state index is 11.6. The highest BCUT2D eigenvalue weighted by atomic mass is 16.6. The number of aromatic nitrogens is 2. The zero-order chi connectivity index (χ0) is 12.1. The van der Waals surface area contributed by atoms with Crippen LogP contribution in [0.15, 0.2) is 12.3 Å². The molecule has 0 spiro atoms. The van der Waals surface area contributed by atoms with Gasteiger partial charge in [0.25, 0.3) is 0 Å². The van der Waals surface area contributed by atoms with Crippen LogP contribution in [0, 0.1) is 10.1 Å². The van der Waals surface area contributed by atoms with E-state index in [1.807, 2.05) is 13.8 Å². The Balaban J connectivity index is 2.65. The first-order valence-electron chi connectivity index (χ1n) is 5.04. The fraction of sp³-hybridized carbons (Fsp3) is 0.556. The summed E-state index contributed by atoms with van der Waals surface area (Å²) in [5.41, 5.74) is 0. The number of nitrogens with zero attached hydrogens (tertiary/aromatic N) is 4. The summed E-state index contributed by atoms with van der Waals surface area (Å²) in [6.07, 6.45) is 1.43. The van der Waals surface area contributed by atoms with E-state index in [-0.39, 0.29) is 18.3 Å². The molecule has 16 heavy (non-hydrogen) atoms. The van der Waals surface area contributed by atoms with E-state index in [2.05, 4.69) is 5.10 Å². The Kier molecular flexibility index (Phi) is 3.98. The van der Waals surface area contributed by atoms with Gasteiger partial charge in [0.1, 0.15) is 6.54 Å². The maximum Gasteiger partial charge on any atom is 0.389 e. The van der Waals surface area contributed by atoms with Crippen LogP contribution in [-0.2, 0) is 11.3 Å². The first-order chi connectivity index (χ1) is 7.58. The van der Waals surface area contributed by atoms with Crippen LogP contribution in [0.4, 0.5) is 5.82 Å². The highest BCUT2D eigenvalue weighted by Gasteiger charge is 2.15. The van der Waals surface area contributed by atoms with Gasteiger partial charge in [0, 0.05) is 13.1 Å². The molecule has 1 aromatic heterocycles. The molecule has 0 unspecified atom stereocenters. The van der Waals surface area contributed by atoms with Crippen molar-refractivity contribution in [2.75, 3.05) is 13.1 Å². The molecule has 0 aliphatic rings. The van der Waals surface area contributed by atoms with E-state index in [0.29, 0.717) is 13.1 Å². The second-order valence-corrected chi connectivity index (χ2v) is 3.19. The van der Waals surface area contributed by atoms with Crippen molar-refractivity contribution in [3.05, 3.63) is 22.4 Å². The molecule has 0 saturated carbocycles. The van der Waals surface area contributed by atoms with Crippen molar-refractivity contribution in [3.8, 4) is 0 Å². The predicted molar refractivity (Wildman–Crippen MR) is 56.8 cm³/mol. The Bertz CT molecular complexity index is 384. The Morgan fingerprint density at radius 2 is 2.19 bits per heavy atom. The van der Waals surface area contributed by atoms with Gasteiger partial charge in [0.05, 0.1) is 17.4 Å². The van der Waals surface area contributed by atoms with Crippen molar-refractivity contribution in [2.24, 2.45) is 0 Å². The van der Waals surface area contributed by atoms with Gasteiger partial charge in [0.15, 0.2) is 0 Å². The van der Waals surface area contributed by atoms with Crippen LogP contribution < -0.4 is 0 Å². The fourth-order valence-corrected chi connectivity index (χ4v) is 1.35. The number of nitro groups is 1. The van der Waals surface area contributed by atoms with Gasteiger partial charge in [-0.05, 0) is 18.8 Å². The molecule has 1 rings (SSSR count). The highest BCUT2D eigenvalue weighted by molar-refractivity contribution is 5.75. The minimum Gasteiger partial charge on any atom is -0.358 e. The summed E-state index contributed by atoms with van der Waals surface area (Å²) in [7, 11) is 0. The molecule has 1 aromatic rings. The second-order valence-electron chi connectivity index (χ2n) is 3.19. The van der Waals surface area contributed by atoms with Crippen molar-refractivity contribution in [3.63, 3.8) is 0 Å². The smallest absolute Gasteiger partial charge is 0.358 e. The van der Waals surface area contributed by atoms with Crippen LogP contribution in [0.3, 0.4) is 0 Å². The van der Waals surface area contributed by atoms with Gasteiger partial charge in [-0.2, -0.15) is 4.68 Å². The van der Waals surface area contributed by atoms with E-state index < -0.39 is 4.92 Å². The normalized spacial score (nSPS) is 10.1. The van der Waals surface area contributed by atoms with Gasteiger partial charge in [-0.15, -0.1) is 0 Å². The lowest BCUT2D eigenvalue weighted by molar-refractivity contribution is -0.389. The summed E-state index contributed by atoms with van der Waals surface area (Å²) >= 11 is 0. The maximum atomic E-state index is 11.6. The first kappa shape index (κ1) is 12.2. The Morgan fingerprint density at radius 1 is 1.56 bits per heavy atom. The molecule has 0 atom stereocenters. The molecule has 0 fully saturated rings. The average Bonchev–Trinajstić information content (AvgIpc) is 2.68. The topological polar surface area (TPSA) is 81.3 Å². The zero-order valence-electron chi connectivity index (χ0n) is 9.29. The molecule has 1 heterocycles. The minimum atomic E-state index is -0.585. The molecule has 7 nitrogen and oxygen atoms in total. The molecule has 0 radical (unpaired) electrons. The Hall–Kier alpha value is -1.92. The number of hydrogen-bond acceptors (Lipinski definition) is 4. The number of rotatable bonds is 5. The molecule has 7 heteroatoms. The van der Waals surface area contributed by atoms with Gasteiger partial charge in [-0.1, -0.05) is 0 Å². The third kappa shape index (κ3) is 2.78. The fourth-order valence-electron chi connectivity index (χ4n) is 1.35.